The van der Waals surface area contributed by atoms with Crippen LogP contribution < -0.4 is 16.4 Å². The molecule has 1 aliphatic carbocycles. The van der Waals surface area contributed by atoms with Crippen molar-refractivity contribution < 1.29 is 23.5 Å². The molecule has 1 aromatic rings. The average molecular weight is 430 g/mol. The highest BCUT2D eigenvalue weighted by Gasteiger charge is 2.38. The molecule has 0 radical (unpaired) electrons. The number of nitrogens with one attached hydrogen (secondary N) is 2. The maximum absolute atomic E-state index is 13.6. The van der Waals surface area contributed by atoms with Crippen LogP contribution in [0.4, 0.5) is 14.9 Å². The van der Waals surface area contributed by atoms with Crippen LogP contribution in [0, 0.1) is 11.7 Å². The maximum Gasteiger partial charge on any atom is 0.408 e. The summed E-state index contributed by atoms with van der Waals surface area (Å²) in [5.41, 5.74) is 4.45. The van der Waals surface area contributed by atoms with Crippen molar-refractivity contribution in [2.75, 3.05) is 5.32 Å². The maximum atomic E-state index is 13.6. The van der Waals surface area contributed by atoms with E-state index in [-0.39, 0.29) is 21.6 Å². The summed E-state index contributed by atoms with van der Waals surface area (Å²) in [6, 6.07) is 1.37. The van der Waals surface area contributed by atoms with E-state index < -0.39 is 35.4 Å². The first-order valence-corrected chi connectivity index (χ1v) is 8.86. The van der Waals surface area contributed by atoms with Crippen LogP contribution in [-0.4, -0.2) is 29.6 Å². The molecule has 0 bridgehead atoms. The fourth-order valence-corrected chi connectivity index (χ4v) is 2.67. The Morgan fingerprint density at radius 3 is 2.42 bits per heavy atom. The highest BCUT2D eigenvalue weighted by Crippen LogP contribution is 2.34. The van der Waals surface area contributed by atoms with Gasteiger partial charge >= 0.3 is 6.09 Å². The molecule has 9 heteroatoms. The Labute approximate surface area is 159 Å². The second-order valence-corrected chi connectivity index (χ2v) is 7.98. The number of benzene rings is 1. The topological polar surface area (TPSA) is 111 Å². The van der Waals surface area contributed by atoms with Gasteiger partial charge in [-0.2, -0.15) is 0 Å². The molecular formula is C17H21BrFN3O4. The number of amides is 3. The van der Waals surface area contributed by atoms with Gasteiger partial charge in [0.05, 0.1) is 15.7 Å². The summed E-state index contributed by atoms with van der Waals surface area (Å²) in [5.74, 6) is -2.11. The monoisotopic (exact) mass is 429 g/mol. The van der Waals surface area contributed by atoms with E-state index in [1.807, 2.05) is 0 Å². The van der Waals surface area contributed by atoms with E-state index in [1.165, 1.54) is 6.07 Å². The van der Waals surface area contributed by atoms with Crippen LogP contribution in [0.3, 0.4) is 0 Å². The van der Waals surface area contributed by atoms with Crippen molar-refractivity contribution in [3.63, 3.8) is 0 Å². The normalized spacial score (nSPS) is 15.1. The lowest BCUT2D eigenvalue weighted by Gasteiger charge is -2.23. The molecule has 0 heterocycles. The van der Waals surface area contributed by atoms with Gasteiger partial charge in [-0.15, -0.1) is 0 Å². The first-order valence-electron chi connectivity index (χ1n) is 8.07. The quantitative estimate of drug-likeness (QED) is 0.667. The van der Waals surface area contributed by atoms with Gasteiger partial charge in [-0.05, 0) is 67.6 Å². The number of alkyl carbamates (subject to hydrolysis) is 1. The van der Waals surface area contributed by atoms with Gasteiger partial charge in [-0.1, -0.05) is 0 Å². The standard InChI is InChI=1S/C17H21BrFN3O4/c1-17(2,3)26-16(25)22-13(8-4-5-8)15(24)21-12-7-10(18)11(19)6-9(12)14(20)23/h6-8,13H,4-5H2,1-3H3,(H2,20,23)(H,21,24)(H,22,25)/t13-/m0/s1. The number of nitrogens with two attached hydrogens (primary N) is 1. The summed E-state index contributed by atoms with van der Waals surface area (Å²) < 4.78 is 18.9. The van der Waals surface area contributed by atoms with Crippen molar-refractivity contribution in [2.24, 2.45) is 11.7 Å². The predicted octanol–water partition coefficient (Wildman–Crippen LogP) is 2.93. The molecule has 1 saturated carbocycles. The number of hydrogen-bond acceptors (Lipinski definition) is 4. The Bertz CT molecular complexity index is 744. The largest absolute Gasteiger partial charge is 0.444 e. The zero-order valence-corrected chi connectivity index (χ0v) is 16.3. The number of hydrogen-bond donors (Lipinski definition) is 3. The van der Waals surface area contributed by atoms with Crippen molar-refractivity contribution in [3.05, 3.63) is 28.0 Å². The number of primary amides is 1. The van der Waals surface area contributed by atoms with Gasteiger partial charge < -0.3 is 21.1 Å². The van der Waals surface area contributed by atoms with Gasteiger partial charge in [0.15, 0.2) is 0 Å². The van der Waals surface area contributed by atoms with Crippen molar-refractivity contribution in [1.29, 1.82) is 0 Å². The summed E-state index contributed by atoms with van der Waals surface area (Å²) in [6.45, 7) is 5.15. The van der Waals surface area contributed by atoms with Crippen molar-refractivity contribution >= 4 is 39.5 Å². The molecule has 1 fully saturated rings. The van der Waals surface area contributed by atoms with Crippen LogP contribution in [0.2, 0.25) is 0 Å². The third-order valence-corrected chi connectivity index (χ3v) is 4.24. The zero-order valence-electron chi connectivity index (χ0n) is 14.7. The Balaban J connectivity index is 2.17. The van der Waals surface area contributed by atoms with Crippen LogP contribution >= 0.6 is 15.9 Å². The van der Waals surface area contributed by atoms with Gasteiger partial charge in [0, 0.05) is 0 Å². The molecule has 7 nitrogen and oxygen atoms in total. The van der Waals surface area contributed by atoms with Gasteiger partial charge in [-0.25, -0.2) is 9.18 Å². The van der Waals surface area contributed by atoms with Gasteiger partial charge in [0.1, 0.15) is 17.5 Å². The smallest absolute Gasteiger partial charge is 0.408 e. The minimum absolute atomic E-state index is 0.0246. The van der Waals surface area contributed by atoms with Crippen LogP contribution in [0.25, 0.3) is 0 Å². The molecule has 0 spiro atoms. The predicted molar refractivity (Wildman–Crippen MR) is 97.1 cm³/mol. The lowest BCUT2D eigenvalue weighted by Crippen LogP contribution is -2.47. The van der Waals surface area contributed by atoms with E-state index in [1.54, 1.807) is 20.8 Å². The SMILES string of the molecule is CC(C)(C)OC(=O)N[C@H](C(=O)Nc1cc(Br)c(F)cc1C(N)=O)C1CC1. The molecule has 0 saturated heterocycles. The molecular weight excluding hydrogens is 409 g/mol. The summed E-state index contributed by atoms with van der Waals surface area (Å²) >= 11 is 3.00. The summed E-state index contributed by atoms with van der Waals surface area (Å²) in [7, 11) is 0. The molecule has 26 heavy (non-hydrogen) atoms. The van der Waals surface area contributed by atoms with E-state index in [9.17, 15) is 18.8 Å². The van der Waals surface area contributed by atoms with Crippen molar-refractivity contribution in [3.8, 4) is 0 Å². The first kappa shape index (κ1) is 20.2. The van der Waals surface area contributed by atoms with Crippen molar-refractivity contribution in [1.82, 2.24) is 5.32 Å². The summed E-state index contributed by atoms with van der Waals surface area (Å²) in [4.78, 5) is 36.1. The third kappa shape index (κ3) is 5.42. The number of anilines is 1. The van der Waals surface area contributed by atoms with Crippen LogP contribution in [0.1, 0.15) is 44.0 Å². The highest BCUT2D eigenvalue weighted by atomic mass is 79.9. The molecule has 0 aliphatic heterocycles. The minimum Gasteiger partial charge on any atom is -0.444 e. The van der Waals surface area contributed by atoms with Gasteiger partial charge in [0.2, 0.25) is 5.91 Å². The molecule has 142 valence electrons. The van der Waals surface area contributed by atoms with E-state index in [0.717, 1.165) is 18.9 Å². The Kier molecular flexibility index (Phi) is 5.90. The Hall–Kier alpha value is -2.16. The van der Waals surface area contributed by atoms with E-state index in [0.29, 0.717) is 0 Å². The van der Waals surface area contributed by atoms with Gasteiger partial charge in [0.25, 0.3) is 5.91 Å². The minimum atomic E-state index is -0.880. The summed E-state index contributed by atoms with van der Waals surface area (Å²) in [5, 5.41) is 5.10. The van der Waals surface area contributed by atoms with Crippen molar-refractivity contribution in [2.45, 2.75) is 45.3 Å². The number of carbonyl (C=O) groups is 3. The first-order chi connectivity index (χ1) is 12.0. The molecule has 2 rings (SSSR count). The molecule has 1 aliphatic rings. The molecule has 4 N–H and O–H groups in total. The van der Waals surface area contributed by atoms with Crippen LogP contribution in [0.5, 0.6) is 0 Å². The van der Waals surface area contributed by atoms with E-state index in [4.69, 9.17) is 10.5 Å². The number of halogens is 2. The molecule has 1 atom stereocenters. The van der Waals surface area contributed by atoms with Gasteiger partial charge in [-0.3, -0.25) is 9.59 Å². The third-order valence-electron chi connectivity index (χ3n) is 3.63. The molecule has 1 aromatic carbocycles. The number of carbonyl (C=O) groups excluding carboxylic acids is 3. The summed E-state index contributed by atoms with van der Waals surface area (Å²) in [6.07, 6.45) is 0.854. The Morgan fingerprint density at radius 1 is 1.31 bits per heavy atom. The number of ether oxygens (including phenoxy) is 1. The van der Waals surface area contributed by atoms with E-state index in [2.05, 4.69) is 26.6 Å². The zero-order chi connectivity index (χ0) is 19.6. The molecule has 0 aromatic heterocycles. The Morgan fingerprint density at radius 2 is 1.92 bits per heavy atom. The fraction of sp³-hybridized carbons (Fsp3) is 0.471. The highest BCUT2D eigenvalue weighted by molar-refractivity contribution is 9.10. The van der Waals surface area contributed by atoms with Crippen LogP contribution in [0.15, 0.2) is 16.6 Å². The lowest BCUT2D eigenvalue weighted by molar-refractivity contribution is -0.118. The molecule has 0 unspecified atom stereocenters. The van der Waals surface area contributed by atoms with Crippen LogP contribution in [-0.2, 0) is 9.53 Å². The number of rotatable bonds is 5. The van der Waals surface area contributed by atoms with E-state index >= 15 is 0 Å². The second kappa shape index (κ2) is 7.61. The average Bonchev–Trinajstić information content (AvgIpc) is 3.30. The second-order valence-electron chi connectivity index (χ2n) is 7.13. The fourth-order valence-electron chi connectivity index (χ4n) is 2.33. The lowest BCUT2D eigenvalue weighted by atomic mass is 10.1. The molecule has 3 amide bonds.